The molecule has 4 heteroatoms. The number of benzene rings is 1. The maximum absolute atomic E-state index is 10.2. The zero-order chi connectivity index (χ0) is 18.1. The first-order chi connectivity index (χ1) is 12.6. The van der Waals surface area contributed by atoms with Crippen LogP contribution >= 0.6 is 12.4 Å². The minimum Gasteiger partial charge on any atom is -0.491 e. The van der Waals surface area contributed by atoms with E-state index in [0.717, 1.165) is 36.6 Å². The topological polar surface area (TPSA) is 32.7 Å². The normalized spacial score (nSPS) is 32.4. The van der Waals surface area contributed by atoms with Gasteiger partial charge in [0, 0.05) is 6.54 Å². The monoisotopic (exact) mass is 393 g/mol. The van der Waals surface area contributed by atoms with Crippen LogP contribution in [0.3, 0.4) is 0 Å². The Morgan fingerprint density at radius 2 is 1.52 bits per heavy atom. The van der Waals surface area contributed by atoms with Crippen molar-refractivity contribution in [2.75, 3.05) is 26.2 Å². The molecule has 1 aromatic carbocycles. The highest BCUT2D eigenvalue weighted by molar-refractivity contribution is 5.85. The molecule has 27 heavy (non-hydrogen) atoms. The Balaban J connectivity index is 0.00000210. The number of halogens is 1. The molecule has 1 N–H and O–H groups in total. The lowest BCUT2D eigenvalue weighted by molar-refractivity contribution is -0.00522. The zero-order valence-electron chi connectivity index (χ0n) is 16.9. The van der Waals surface area contributed by atoms with Gasteiger partial charge in [0.25, 0.3) is 0 Å². The molecule has 4 fully saturated rings. The van der Waals surface area contributed by atoms with Crippen molar-refractivity contribution in [3.05, 3.63) is 29.8 Å². The summed E-state index contributed by atoms with van der Waals surface area (Å²) in [5.74, 6) is 3.82. The maximum Gasteiger partial charge on any atom is 0.119 e. The van der Waals surface area contributed by atoms with Crippen molar-refractivity contribution in [3.63, 3.8) is 0 Å². The third-order valence-corrected chi connectivity index (χ3v) is 7.31. The third-order valence-electron chi connectivity index (χ3n) is 7.31. The molecule has 0 aliphatic heterocycles. The average molecular weight is 394 g/mol. The quantitative estimate of drug-likeness (QED) is 0.697. The number of hydrogen-bond donors (Lipinski definition) is 1. The lowest BCUT2D eigenvalue weighted by atomic mass is 9.48. The molecule has 4 bridgehead atoms. The van der Waals surface area contributed by atoms with E-state index in [-0.39, 0.29) is 12.4 Å². The molecule has 4 saturated carbocycles. The van der Waals surface area contributed by atoms with E-state index >= 15 is 0 Å². The van der Waals surface area contributed by atoms with Crippen LogP contribution < -0.4 is 4.74 Å². The highest BCUT2D eigenvalue weighted by atomic mass is 35.5. The Hall–Kier alpha value is -0.770. The van der Waals surface area contributed by atoms with Crippen LogP contribution in [0.2, 0.25) is 0 Å². The molecule has 1 unspecified atom stereocenters. The number of aliphatic hydroxyl groups excluding tert-OH is 1. The van der Waals surface area contributed by atoms with E-state index in [1.165, 1.54) is 44.1 Å². The summed E-state index contributed by atoms with van der Waals surface area (Å²) >= 11 is 0. The molecule has 152 valence electrons. The molecule has 0 saturated heterocycles. The molecule has 0 heterocycles. The molecule has 5 rings (SSSR count). The number of hydrogen-bond acceptors (Lipinski definition) is 3. The minimum absolute atomic E-state index is 0. The summed E-state index contributed by atoms with van der Waals surface area (Å²) in [7, 11) is 0. The second kappa shape index (κ2) is 8.71. The van der Waals surface area contributed by atoms with Crippen LogP contribution in [0.15, 0.2) is 24.3 Å². The maximum atomic E-state index is 10.2. The third kappa shape index (κ3) is 4.46. The van der Waals surface area contributed by atoms with Gasteiger partial charge in [-0.2, -0.15) is 0 Å². The van der Waals surface area contributed by atoms with Crippen LogP contribution in [0, 0.1) is 17.8 Å². The van der Waals surface area contributed by atoms with Crippen molar-refractivity contribution >= 4 is 12.4 Å². The van der Waals surface area contributed by atoms with Crippen molar-refractivity contribution in [2.45, 2.75) is 63.9 Å². The highest BCUT2D eigenvalue weighted by Crippen LogP contribution is 2.60. The molecule has 0 radical (unpaired) electrons. The Morgan fingerprint density at radius 3 is 2.00 bits per heavy atom. The van der Waals surface area contributed by atoms with Gasteiger partial charge < -0.3 is 14.7 Å². The molecule has 4 aliphatic carbocycles. The molecular weight excluding hydrogens is 358 g/mol. The standard InChI is InChI=1S/C23H35NO2.ClH/c1-3-24(4-2)15-21(25)16-26-22-7-5-20(6-8-22)23-12-17-9-18(13-23)11-19(10-17)14-23;/h5-8,17-19,21,25H,3-4,9-16H2,1-2H3;1H. The van der Waals surface area contributed by atoms with Crippen LogP contribution in [0.5, 0.6) is 5.75 Å². The van der Waals surface area contributed by atoms with E-state index in [4.69, 9.17) is 4.74 Å². The second-order valence-corrected chi connectivity index (χ2v) is 9.17. The summed E-state index contributed by atoms with van der Waals surface area (Å²) in [6.45, 7) is 7.23. The molecule has 1 aromatic rings. The average Bonchev–Trinajstić information content (AvgIpc) is 2.64. The summed E-state index contributed by atoms with van der Waals surface area (Å²) in [5, 5.41) is 10.2. The fourth-order valence-electron chi connectivity index (χ4n) is 6.39. The van der Waals surface area contributed by atoms with Crippen LogP contribution in [-0.4, -0.2) is 42.4 Å². The number of nitrogens with zero attached hydrogens (tertiary/aromatic N) is 1. The van der Waals surface area contributed by atoms with Crippen LogP contribution in [0.4, 0.5) is 0 Å². The molecule has 0 spiro atoms. The number of rotatable bonds is 8. The smallest absolute Gasteiger partial charge is 0.119 e. The Labute approximate surface area is 170 Å². The zero-order valence-corrected chi connectivity index (χ0v) is 17.7. The van der Waals surface area contributed by atoms with E-state index in [9.17, 15) is 5.11 Å². The molecule has 4 aliphatic rings. The SMILES string of the molecule is CCN(CC)CC(O)COc1ccc(C23CC4CC(CC(C4)C2)C3)cc1.Cl. The van der Waals surface area contributed by atoms with Gasteiger partial charge in [-0.1, -0.05) is 26.0 Å². The predicted molar refractivity (Wildman–Crippen MR) is 113 cm³/mol. The first-order valence-electron chi connectivity index (χ1n) is 10.7. The van der Waals surface area contributed by atoms with Gasteiger partial charge in [0.2, 0.25) is 0 Å². The van der Waals surface area contributed by atoms with Gasteiger partial charge in [-0.3, -0.25) is 0 Å². The molecule has 0 amide bonds. The van der Waals surface area contributed by atoms with Crippen molar-refractivity contribution < 1.29 is 9.84 Å². The van der Waals surface area contributed by atoms with Gasteiger partial charge in [0.15, 0.2) is 0 Å². The van der Waals surface area contributed by atoms with E-state index in [1.807, 2.05) is 0 Å². The summed E-state index contributed by atoms with van der Waals surface area (Å²) in [6, 6.07) is 8.86. The lowest BCUT2D eigenvalue weighted by Crippen LogP contribution is -2.48. The summed E-state index contributed by atoms with van der Waals surface area (Å²) in [4.78, 5) is 2.23. The van der Waals surface area contributed by atoms with E-state index in [0.29, 0.717) is 18.6 Å². The minimum atomic E-state index is -0.433. The first kappa shape index (κ1) is 21.0. The summed E-state index contributed by atoms with van der Waals surface area (Å²) in [6.07, 6.45) is 8.25. The molecule has 1 atom stereocenters. The summed E-state index contributed by atoms with van der Waals surface area (Å²) < 4.78 is 5.85. The van der Waals surface area contributed by atoms with Gasteiger partial charge in [-0.05, 0) is 92.5 Å². The van der Waals surface area contributed by atoms with E-state index < -0.39 is 6.10 Å². The highest BCUT2D eigenvalue weighted by Gasteiger charge is 2.51. The van der Waals surface area contributed by atoms with Crippen molar-refractivity contribution in [1.29, 1.82) is 0 Å². The fraction of sp³-hybridized carbons (Fsp3) is 0.739. The van der Waals surface area contributed by atoms with Gasteiger partial charge in [0.05, 0.1) is 0 Å². The summed E-state index contributed by atoms with van der Waals surface area (Å²) in [5.41, 5.74) is 1.99. The Kier molecular flexibility index (Phi) is 6.76. The van der Waals surface area contributed by atoms with Crippen molar-refractivity contribution in [2.24, 2.45) is 17.8 Å². The van der Waals surface area contributed by atoms with Crippen LogP contribution in [0.25, 0.3) is 0 Å². The Bertz CT molecular complexity index is 564. The largest absolute Gasteiger partial charge is 0.491 e. The van der Waals surface area contributed by atoms with E-state index in [2.05, 4.69) is 43.0 Å². The van der Waals surface area contributed by atoms with Gasteiger partial charge in [-0.25, -0.2) is 0 Å². The van der Waals surface area contributed by atoms with Crippen LogP contribution in [-0.2, 0) is 5.41 Å². The second-order valence-electron chi connectivity index (χ2n) is 9.17. The predicted octanol–water partition coefficient (Wildman–Crippen LogP) is 4.66. The first-order valence-corrected chi connectivity index (χ1v) is 10.7. The van der Waals surface area contributed by atoms with Crippen molar-refractivity contribution in [1.82, 2.24) is 4.90 Å². The fourth-order valence-corrected chi connectivity index (χ4v) is 6.39. The van der Waals surface area contributed by atoms with Gasteiger partial charge >= 0.3 is 0 Å². The van der Waals surface area contributed by atoms with Gasteiger partial charge in [0.1, 0.15) is 18.5 Å². The van der Waals surface area contributed by atoms with Crippen molar-refractivity contribution in [3.8, 4) is 5.75 Å². The number of likely N-dealkylation sites (N-methyl/N-ethyl adjacent to an activating group) is 1. The molecule has 0 aromatic heterocycles. The Morgan fingerprint density at radius 1 is 1.00 bits per heavy atom. The van der Waals surface area contributed by atoms with Gasteiger partial charge in [-0.15, -0.1) is 12.4 Å². The van der Waals surface area contributed by atoms with E-state index in [1.54, 1.807) is 0 Å². The van der Waals surface area contributed by atoms with Crippen LogP contribution in [0.1, 0.15) is 57.9 Å². The number of ether oxygens (including phenoxy) is 1. The lowest BCUT2D eigenvalue weighted by Gasteiger charge is -2.57. The molecular formula is C23H36ClNO2. The number of aliphatic hydroxyl groups is 1. The molecule has 3 nitrogen and oxygen atoms in total.